The number of nitrogens with zero attached hydrogens (tertiary/aromatic N) is 3. The molecule has 2 aliphatic rings. The van der Waals surface area contributed by atoms with Crippen molar-refractivity contribution in [3.8, 4) is 0 Å². The molecule has 7 nitrogen and oxygen atoms in total. The lowest BCUT2D eigenvalue weighted by Crippen LogP contribution is -3.04. The lowest BCUT2D eigenvalue weighted by Gasteiger charge is -2.19. The summed E-state index contributed by atoms with van der Waals surface area (Å²) in [4.78, 5) is 13.3. The monoisotopic (exact) mass is 343 g/mol. The predicted molar refractivity (Wildman–Crippen MR) is 97.5 cm³/mol. The van der Waals surface area contributed by atoms with E-state index in [0.29, 0.717) is 34.1 Å². The molecule has 7 heteroatoms. The maximum atomic E-state index is 12.6. The highest BCUT2D eigenvalue weighted by atomic mass is 16.5. The van der Waals surface area contributed by atoms with Crippen LogP contribution in [0, 0.1) is 10.4 Å². The van der Waals surface area contributed by atoms with E-state index in [9.17, 15) is 10.4 Å². The van der Waals surface area contributed by atoms with Crippen molar-refractivity contribution < 1.29 is 10.1 Å². The van der Waals surface area contributed by atoms with Crippen LogP contribution in [0.2, 0.25) is 0 Å². The molecule has 2 atom stereocenters. The molecule has 2 aromatic carbocycles. The van der Waals surface area contributed by atoms with Gasteiger partial charge in [0.15, 0.2) is 11.4 Å². The summed E-state index contributed by atoms with van der Waals surface area (Å²) in [7, 11) is 0. The van der Waals surface area contributed by atoms with Gasteiger partial charge in [-0.25, -0.2) is 4.98 Å². The molecule has 0 amide bonds. The largest absolute Gasteiger partial charge is 0.622 e. The summed E-state index contributed by atoms with van der Waals surface area (Å²) in [5, 5.41) is 24.9. The summed E-state index contributed by atoms with van der Waals surface area (Å²) >= 11 is 0. The summed E-state index contributed by atoms with van der Waals surface area (Å²) < 4.78 is 0. The summed E-state index contributed by atoms with van der Waals surface area (Å²) in [6.45, 7) is 0. The molecule has 0 bridgehead atoms. The molecule has 2 N–H and O–H groups in total. The molecule has 0 fully saturated rings. The Bertz CT molecular complexity index is 1010. The number of aromatic nitrogens is 1. The van der Waals surface area contributed by atoms with Gasteiger partial charge in [-0.15, -0.1) is 0 Å². The van der Waals surface area contributed by atoms with Crippen molar-refractivity contribution in [3.05, 3.63) is 88.5 Å². The normalized spacial score (nSPS) is 20.4. The third kappa shape index (κ3) is 2.20. The van der Waals surface area contributed by atoms with Crippen molar-refractivity contribution >= 4 is 34.4 Å². The number of fused-ring (bicyclic) bond motifs is 2. The number of rotatable bonds is 2. The number of para-hydroxylation sites is 4. The molecule has 0 aliphatic carbocycles. The fraction of sp³-hybridized carbons (Fsp3) is 0. The van der Waals surface area contributed by atoms with Gasteiger partial charge >= 0.3 is 0 Å². The summed E-state index contributed by atoms with van der Waals surface area (Å²) in [6, 6.07) is 19.6. The second-order valence-electron chi connectivity index (χ2n) is 6.02. The zero-order valence-electron chi connectivity index (χ0n) is 13.5. The SMILES string of the molecule is [O-][NH+]1C(c2cccc(C3=Nc4ccccc4[NH+]3[O-])n2)=Nc2ccccc21. The number of nitrogens with one attached hydrogen (secondary N) is 2. The fourth-order valence-electron chi connectivity index (χ4n) is 3.17. The van der Waals surface area contributed by atoms with E-state index in [1.54, 1.807) is 42.5 Å². The lowest BCUT2D eigenvalue weighted by atomic mass is 10.2. The van der Waals surface area contributed by atoms with Gasteiger partial charge in [-0.1, -0.05) is 30.3 Å². The van der Waals surface area contributed by atoms with Crippen molar-refractivity contribution in [2.24, 2.45) is 9.98 Å². The van der Waals surface area contributed by atoms with Gasteiger partial charge in [-0.3, -0.25) is 10.1 Å². The number of amidine groups is 2. The van der Waals surface area contributed by atoms with E-state index in [-0.39, 0.29) is 21.8 Å². The molecular weight excluding hydrogens is 330 g/mol. The third-order valence-electron chi connectivity index (χ3n) is 4.43. The minimum absolute atomic E-state index is 0.159. The van der Waals surface area contributed by atoms with E-state index in [1.165, 1.54) is 0 Å². The van der Waals surface area contributed by atoms with Gasteiger partial charge in [-0.2, -0.15) is 9.98 Å². The molecule has 2 unspecified atom stereocenters. The molecule has 3 aromatic rings. The molecular formula is C19H13N5O2. The van der Waals surface area contributed by atoms with Gasteiger partial charge in [0.2, 0.25) is 0 Å². The average Bonchev–Trinajstić information content (AvgIpc) is 3.20. The topological polar surface area (TPSA) is 92.6 Å². The Kier molecular flexibility index (Phi) is 3.27. The number of hydrogen-bond acceptors (Lipinski definition) is 5. The first-order valence-electron chi connectivity index (χ1n) is 8.15. The van der Waals surface area contributed by atoms with Gasteiger partial charge in [0.1, 0.15) is 22.8 Å². The second kappa shape index (κ2) is 5.65. The summed E-state index contributed by atoms with van der Waals surface area (Å²) in [5.41, 5.74) is 3.29. The molecule has 0 radical (unpaired) electrons. The highest BCUT2D eigenvalue weighted by Crippen LogP contribution is 2.27. The van der Waals surface area contributed by atoms with Crippen LogP contribution in [0.25, 0.3) is 0 Å². The molecule has 126 valence electrons. The average molecular weight is 343 g/mol. The van der Waals surface area contributed by atoms with E-state index in [0.717, 1.165) is 0 Å². The minimum Gasteiger partial charge on any atom is -0.622 e. The van der Waals surface area contributed by atoms with Crippen LogP contribution in [0.4, 0.5) is 22.7 Å². The number of quaternary nitrogens is 2. The van der Waals surface area contributed by atoms with E-state index < -0.39 is 0 Å². The fourth-order valence-corrected chi connectivity index (χ4v) is 3.17. The molecule has 0 saturated carbocycles. The minimum atomic E-state index is -0.159. The van der Waals surface area contributed by atoms with Gasteiger partial charge in [0.05, 0.1) is 0 Å². The first kappa shape index (κ1) is 15.1. The number of benzene rings is 2. The van der Waals surface area contributed by atoms with Gasteiger partial charge in [0, 0.05) is 12.1 Å². The zero-order valence-corrected chi connectivity index (χ0v) is 13.5. The number of hydrogen-bond donors (Lipinski definition) is 2. The smallest absolute Gasteiger partial charge is 0.258 e. The highest BCUT2D eigenvalue weighted by Gasteiger charge is 2.29. The van der Waals surface area contributed by atoms with E-state index in [1.807, 2.05) is 24.3 Å². The Morgan fingerprint density at radius 3 is 1.50 bits per heavy atom. The Balaban J connectivity index is 1.54. The predicted octanol–water partition coefficient (Wildman–Crippen LogP) is 1.29. The molecule has 1 aromatic heterocycles. The van der Waals surface area contributed by atoms with E-state index in [2.05, 4.69) is 15.0 Å². The first-order valence-corrected chi connectivity index (χ1v) is 8.15. The summed E-state index contributed by atoms with van der Waals surface area (Å²) in [5.74, 6) is 0.577. The maximum Gasteiger partial charge on any atom is 0.258 e. The van der Waals surface area contributed by atoms with Gasteiger partial charge in [0.25, 0.3) is 11.7 Å². The van der Waals surface area contributed by atoms with Crippen LogP contribution >= 0.6 is 0 Å². The molecule has 0 spiro atoms. The molecule has 0 saturated heterocycles. The zero-order chi connectivity index (χ0) is 17.7. The van der Waals surface area contributed by atoms with Crippen LogP contribution in [0.1, 0.15) is 11.4 Å². The van der Waals surface area contributed by atoms with Crippen LogP contribution in [0.3, 0.4) is 0 Å². The van der Waals surface area contributed by atoms with Crippen LogP contribution in [0.5, 0.6) is 0 Å². The Morgan fingerprint density at radius 2 is 1.04 bits per heavy atom. The molecule has 5 rings (SSSR count). The van der Waals surface area contributed by atoms with Crippen LogP contribution in [0.15, 0.2) is 76.7 Å². The Morgan fingerprint density at radius 1 is 0.577 bits per heavy atom. The maximum absolute atomic E-state index is 12.6. The van der Waals surface area contributed by atoms with E-state index in [4.69, 9.17) is 0 Å². The highest BCUT2D eigenvalue weighted by molar-refractivity contribution is 6.01. The van der Waals surface area contributed by atoms with Crippen molar-refractivity contribution in [2.45, 2.75) is 0 Å². The number of hydroxylamine groups is 2. The van der Waals surface area contributed by atoms with Crippen molar-refractivity contribution in [2.75, 3.05) is 0 Å². The van der Waals surface area contributed by atoms with Crippen molar-refractivity contribution in [1.82, 2.24) is 4.98 Å². The first-order chi connectivity index (χ1) is 12.7. The Hall–Kier alpha value is -3.23. The van der Waals surface area contributed by atoms with Crippen LogP contribution < -0.4 is 10.1 Å². The van der Waals surface area contributed by atoms with Gasteiger partial charge in [-0.05, 0) is 24.3 Å². The van der Waals surface area contributed by atoms with Crippen molar-refractivity contribution in [3.63, 3.8) is 0 Å². The van der Waals surface area contributed by atoms with Crippen molar-refractivity contribution in [1.29, 1.82) is 0 Å². The van der Waals surface area contributed by atoms with Gasteiger partial charge < -0.3 is 10.4 Å². The standard InChI is InChI=1S/C19H13N5O2/c25-23-16-10-3-1-6-12(16)21-18(23)14-8-5-9-15(20-14)19-22-13-7-2-4-11-17(13)24(19)26/h1-11,23-24H. The number of pyridine rings is 1. The van der Waals surface area contributed by atoms with Crippen LogP contribution in [-0.4, -0.2) is 16.7 Å². The Labute approximate surface area is 148 Å². The summed E-state index contributed by atoms with van der Waals surface area (Å²) in [6.07, 6.45) is 0. The van der Waals surface area contributed by atoms with Crippen LogP contribution in [-0.2, 0) is 0 Å². The molecule has 2 aliphatic heterocycles. The lowest BCUT2D eigenvalue weighted by molar-refractivity contribution is -0.663. The number of aliphatic imine (C=N–C) groups is 2. The molecule has 26 heavy (non-hydrogen) atoms. The third-order valence-corrected chi connectivity index (χ3v) is 4.43. The second-order valence-corrected chi connectivity index (χ2v) is 6.02. The van der Waals surface area contributed by atoms with E-state index >= 15 is 0 Å². The molecule has 3 heterocycles. The quantitative estimate of drug-likeness (QED) is 0.687.